The number of aryl methyl sites for hydroxylation is 1. The van der Waals surface area contributed by atoms with Gasteiger partial charge >= 0.3 is 6.09 Å². The largest absolute Gasteiger partial charge is 0.444 e. The molecule has 148 valence electrons. The first-order valence-electron chi connectivity index (χ1n) is 10.2. The van der Waals surface area contributed by atoms with Crippen LogP contribution in [0.4, 0.5) is 10.5 Å². The van der Waals surface area contributed by atoms with E-state index in [9.17, 15) is 9.59 Å². The van der Waals surface area contributed by atoms with Gasteiger partial charge in [0.15, 0.2) is 0 Å². The Bertz CT molecular complexity index is 685. The molecule has 0 atom stereocenters. The minimum absolute atomic E-state index is 0.0877. The molecule has 1 aliphatic carbocycles. The molecule has 0 saturated carbocycles. The van der Waals surface area contributed by atoms with E-state index < -0.39 is 5.60 Å². The Morgan fingerprint density at radius 1 is 1.15 bits per heavy atom. The molecule has 5 nitrogen and oxygen atoms in total. The summed E-state index contributed by atoms with van der Waals surface area (Å²) in [6, 6.07) is 6.24. The van der Waals surface area contributed by atoms with Gasteiger partial charge in [-0.1, -0.05) is 12.1 Å². The molecule has 27 heavy (non-hydrogen) atoms. The van der Waals surface area contributed by atoms with Crippen LogP contribution in [0, 0.1) is 5.92 Å². The number of fused-ring (bicyclic) bond motifs is 1. The number of likely N-dealkylation sites (tertiary alicyclic amines) is 1. The molecule has 1 aromatic carbocycles. The number of rotatable bonds is 3. The monoisotopic (exact) mass is 372 g/mol. The summed E-state index contributed by atoms with van der Waals surface area (Å²) in [6.07, 6.45) is 6.57. The average Bonchev–Trinajstić information content (AvgIpc) is 2.61. The quantitative estimate of drug-likeness (QED) is 0.847. The normalized spacial score (nSPS) is 18.0. The fraction of sp³-hybridized carbons (Fsp3) is 0.636. The predicted molar refractivity (Wildman–Crippen MR) is 107 cm³/mol. The average molecular weight is 373 g/mol. The summed E-state index contributed by atoms with van der Waals surface area (Å²) < 4.78 is 5.43. The van der Waals surface area contributed by atoms with Crippen molar-refractivity contribution in [2.24, 2.45) is 5.92 Å². The van der Waals surface area contributed by atoms with Gasteiger partial charge in [-0.3, -0.25) is 4.79 Å². The van der Waals surface area contributed by atoms with Crippen LogP contribution >= 0.6 is 0 Å². The Kier molecular flexibility index (Phi) is 6.08. The van der Waals surface area contributed by atoms with E-state index in [1.165, 1.54) is 24.0 Å². The minimum Gasteiger partial charge on any atom is -0.444 e. The number of hydrogen-bond donors (Lipinski definition) is 1. The van der Waals surface area contributed by atoms with Gasteiger partial charge in [0.25, 0.3) is 0 Å². The van der Waals surface area contributed by atoms with E-state index in [1.54, 1.807) is 4.90 Å². The van der Waals surface area contributed by atoms with Gasteiger partial charge in [-0.05, 0) is 82.4 Å². The van der Waals surface area contributed by atoms with E-state index in [2.05, 4.69) is 11.4 Å². The Labute approximate surface area is 162 Å². The van der Waals surface area contributed by atoms with Crippen LogP contribution in [-0.4, -0.2) is 35.6 Å². The molecule has 0 radical (unpaired) electrons. The van der Waals surface area contributed by atoms with Gasteiger partial charge in [-0.15, -0.1) is 0 Å². The maximum Gasteiger partial charge on any atom is 0.410 e. The fourth-order valence-corrected chi connectivity index (χ4v) is 4.01. The van der Waals surface area contributed by atoms with Crippen molar-refractivity contribution >= 4 is 17.7 Å². The number of benzene rings is 1. The molecule has 0 aromatic heterocycles. The third-order valence-electron chi connectivity index (χ3n) is 5.41. The van der Waals surface area contributed by atoms with Crippen LogP contribution in [-0.2, 0) is 22.4 Å². The molecule has 1 N–H and O–H groups in total. The third kappa shape index (κ3) is 5.47. The second kappa shape index (κ2) is 8.32. The van der Waals surface area contributed by atoms with Gasteiger partial charge in [0.1, 0.15) is 5.60 Å². The molecule has 2 amide bonds. The van der Waals surface area contributed by atoms with Gasteiger partial charge in [0.05, 0.1) is 0 Å². The number of anilines is 1. The molecule has 1 saturated heterocycles. The lowest BCUT2D eigenvalue weighted by atomic mass is 9.90. The molecule has 1 aliphatic heterocycles. The highest BCUT2D eigenvalue weighted by Crippen LogP contribution is 2.29. The minimum atomic E-state index is -0.470. The van der Waals surface area contributed by atoms with Crippen LogP contribution in [0.3, 0.4) is 0 Å². The Morgan fingerprint density at radius 2 is 1.85 bits per heavy atom. The number of nitrogens with one attached hydrogen (secondary N) is 1. The van der Waals surface area contributed by atoms with Gasteiger partial charge in [0.2, 0.25) is 5.91 Å². The highest BCUT2D eigenvalue weighted by Gasteiger charge is 2.28. The van der Waals surface area contributed by atoms with Crippen LogP contribution < -0.4 is 5.32 Å². The maximum absolute atomic E-state index is 12.6. The highest BCUT2D eigenvalue weighted by atomic mass is 16.6. The topological polar surface area (TPSA) is 58.6 Å². The highest BCUT2D eigenvalue weighted by molar-refractivity contribution is 5.92. The zero-order valence-electron chi connectivity index (χ0n) is 16.8. The predicted octanol–water partition coefficient (Wildman–Crippen LogP) is 4.54. The lowest BCUT2D eigenvalue weighted by Gasteiger charge is -2.33. The summed E-state index contributed by atoms with van der Waals surface area (Å²) in [6.45, 7) is 6.96. The molecule has 1 aromatic rings. The summed E-state index contributed by atoms with van der Waals surface area (Å²) in [7, 11) is 0. The first-order chi connectivity index (χ1) is 12.8. The van der Waals surface area contributed by atoms with E-state index >= 15 is 0 Å². The van der Waals surface area contributed by atoms with Crippen LogP contribution in [0.25, 0.3) is 0 Å². The van der Waals surface area contributed by atoms with Crippen molar-refractivity contribution in [3.8, 4) is 0 Å². The molecule has 2 aliphatic rings. The summed E-state index contributed by atoms with van der Waals surface area (Å²) in [5.41, 5.74) is 3.22. The van der Waals surface area contributed by atoms with Crippen LogP contribution in [0.1, 0.15) is 64.0 Å². The zero-order valence-corrected chi connectivity index (χ0v) is 16.8. The summed E-state index contributed by atoms with van der Waals surface area (Å²) in [5.74, 6) is 0.410. The van der Waals surface area contributed by atoms with Crippen molar-refractivity contribution in [2.45, 2.75) is 71.3 Å². The van der Waals surface area contributed by atoms with Gasteiger partial charge in [-0.2, -0.15) is 0 Å². The number of hydrogen-bond acceptors (Lipinski definition) is 3. The SMILES string of the molecule is CC(C)(C)OC(=O)N1CCC(CC(=O)Nc2cccc3c2CCCC3)CC1. The number of ether oxygens (including phenoxy) is 1. The molecular weight excluding hydrogens is 340 g/mol. The van der Waals surface area contributed by atoms with Gasteiger partial charge < -0.3 is 15.0 Å². The van der Waals surface area contributed by atoms with Crippen molar-refractivity contribution in [3.63, 3.8) is 0 Å². The van der Waals surface area contributed by atoms with E-state index in [-0.39, 0.29) is 12.0 Å². The van der Waals surface area contributed by atoms with Crippen molar-refractivity contribution in [2.75, 3.05) is 18.4 Å². The number of nitrogens with zero attached hydrogens (tertiary/aromatic N) is 1. The molecule has 0 spiro atoms. The van der Waals surface area contributed by atoms with Crippen LogP contribution in [0.5, 0.6) is 0 Å². The van der Waals surface area contributed by atoms with Gasteiger partial charge in [0, 0.05) is 25.2 Å². The lowest BCUT2D eigenvalue weighted by Crippen LogP contribution is -2.42. The Morgan fingerprint density at radius 3 is 2.56 bits per heavy atom. The smallest absolute Gasteiger partial charge is 0.410 e. The van der Waals surface area contributed by atoms with E-state index in [0.29, 0.717) is 25.4 Å². The Hall–Kier alpha value is -2.04. The molecular formula is C22H32N2O3. The third-order valence-corrected chi connectivity index (χ3v) is 5.41. The lowest BCUT2D eigenvalue weighted by molar-refractivity contribution is -0.117. The van der Waals surface area contributed by atoms with E-state index in [1.807, 2.05) is 32.9 Å². The van der Waals surface area contributed by atoms with E-state index in [4.69, 9.17) is 4.74 Å². The van der Waals surface area contributed by atoms with E-state index in [0.717, 1.165) is 31.4 Å². The first-order valence-corrected chi connectivity index (χ1v) is 10.2. The molecule has 1 fully saturated rings. The zero-order chi connectivity index (χ0) is 19.4. The van der Waals surface area contributed by atoms with Crippen molar-refractivity contribution < 1.29 is 14.3 Å². The summed E-state index contributed by atoms with van der Waals surface area (Å²) >= 11 is 0. The molecule has 5 heteroatoms. The second-order valence-corrected chi connectivity index (χ2v) is 8.81. The molecule has 0 unspecified atom stereocenters. The molecule has 3 rings (SSSR count). The standard InChI is InChI=1S/C22H32N2O3/c1-22(2,3)27-21(26)24-13-11-16(12-14-24)15-20(25)23-19-10-6-8-17-7-4-5-9-18(17)19/h6,8,10,16H,4-5,7,9,11-15H2,1-3H3,(H,23,25). The van der Waals surface area contributed by atoms with Crippen LogP contribution in [0.2, 0.25) is 0 Å². The van der Waals surface area contributed by atoms with Crippen molar-refractivity contribution in [1.82, 2.24) is 4.90 Å². The number of carbonyl (C=O) groups excluding carboxylic acids is 2. The van der Waals surface area contributed by atoms with Crippen molar-refractivity contribution in [3.05, 3.63) is 29.3 Å². The van der Waals surface area contributed by atoms with Crippen LogP contribution in [0.15, 0.2) is 18.2 Å². The van der Waals surface area contributed by atoms with Gasteiger partial charge in [-0.25, -0.2) is 4.79 Å². The summed E-state index contributed by atoms with van der Waals surface area (Å²) in [5, 5.41) is 3.14. The maximum atomic E-state index is 12.6. The second-order valence-electron chi connectivity index (χ2n) is 8.81. The number of piperidine rings is 1. The summed E-state index contributed by atoms with van der Waals surface area (Å²) in [4.78, 5) is 26.5. The molecule has 1 heterocycles. The Balaban J connectivity index is 1.48. The number of carbonyl (C=O) groups is 2. The molecule has 0 bridgehead atoms. The fourth-order valence-electron chi connectivity index (χ4n) is 4.01. The van der Waals surface area contributed by atoms with Crippen molar-refractivity contribution in [1.29, 1.82) is 0 Å². The number of amides is 2. The first kappa shape index (κ1) is 19.7.